The van der Waals surface area contributed by atoms with Gasteiger partial charge in [0.15, 0.2) is 9.84 Å². The van der Waals surface area contributed by atoms with Crippen LogP contribution < -0.4 is 10.6 Å². The molecule has 0 aromatic heterocycles. The fourth-order valence-electron chi connectivity index (χ4n) is 1.57. The smallest absolute Gasteiger partial charge is 0.319 e. The number of aromatic hydroxyl groups is 1. The molecule has 0 saturated carbocycles. The minimum atomic E-state index is -3.19. The van der Waals surface area contributed by atoms with E-state index in [1.54, 1.807) is 12.1 Å². The Morgan fingerprint density at radius 1 is 1.33 bits per heavy atom. The molecule has 1 heterocycles. The fraction of sp³-hybridized carbons (Fsp3) is 0.182. The predicted octanol–water partition coefficient (Wildman–Crippen LogP) is 0.824. The van der Waals surface area contributed by atoms with Crippen LogP contribution in [0.2, 0.25) is 0 Å². The van der Waals surface area contributed by atoms with E-state index in [0.29, 0.717) is 0 Å². The zero-order valence-corrected chi connectivity index (χ0v) is 10.1. The van der Waals surface area contributed by atoms with Gasteiger partial charge in [-0.1, -0.05) is 12.1 Å². The summed E-state index contributed by atoms with van der Waals surface area (Å²) in [6.07, 6.45) is 1.42. The molecule has 1 aliphatic heterocycles. The second kappa shape index (κ2) is 4.69. The summed E-state index contributed by atoms with van der Waals surface area (Å²) in [5.41, 5.74) is 0.264. The summed E-state index contributed by atoms with van der Waals surface area (Å²) in [4.78, 5) is 11.6. The largest absolute Gasteiger partial charge is 0.506 e. The number of amides is 2. The number of carbonyl (C=O) groups excluding carboxylic acids is 1. The summed E-state index contributed by atoms with van der Waals surface area (Å²) in [5, 5.41) is 15.5. The summed E-state index contributed by atoms with van der Waals surface area (Å²) >= 11 is 0. The second-order valence-electron chi connectivity index (χ2n) is 3.88. The number of phenolic OH excluding ortho intramolecular Hbond substituents is 1. The van der Waals surface area contributed by atoms with Gasteiger partial charge in [-0.2, -0.15) is 0 Å². The molecule has 96 valence electrons. The molecule has 3 N–H and O–H groups in total. The Bertz CT molecular complexity index is 595. The van der Waals surface area contributed by atoms with Crippen LogP contribution in [0.1, 0.15) is 0 Å². The zero-order chi connectivity index (χ0) is 13.2. The number of hydrogen-bond acceptors (Lipinski definition) is 4. The van der Waals surface area contributed by atoms with E-state index in [2.05, 4.69) is 10.6 Å². The van der Waals surface area contributed by atoms with Crippen LogP contribution in [0.25, 0.3) is 0 Å². The van der Waals surface area contributed by atoms with Crippen molar-refractivity contribution in [3.8, 4) is 5.75 Å². The summed E-state index contributed by atoms with van der Waals surface area (Å²) in [7, 11) is -3.19. The Balaban J connectivity index is 1.95. The van der Waals surface area contributed by atoms with E-state index < -0.39 is 21.9 Å². The number of urea groups is 1. The second-order valence-corrected chi connectivity index (χ2v) is 5.81. The first kappa shape index (κ1) is 12.4. The van der Waals surface area contributed by atoms with Crippen LogP contribution >= 0.6 is 0 Å². The summed E-state index contributed by atoms with van der Waals surface area (Å²) < 4.78 is 22.3. The fourth-order valence-corrected chi connectivity index (χ4v) is 2.81. The minimum absolute atomic E-state index is 0.0535. The van der Waals surface area contributed by atoms with E-state index in [1.807, 2.05) is 0 Å². The molecule has 7 heteroatoms. The van der Waals surface area contributed by atoms with Crippen LogP contribution in [0.15, 0.2) is 35.7 Å². The molecule has 1 atom stereocenters. The molecule has 1 aliphatic rings. The Morgan fingerprint density at radius 3 is 2.67 bits per heavy atom. The molecule has 1 aromatic rings. The highest BCUT2D eigenvalue weighted by molar-refractivity contribution is 7.94. The van der Waals surface area contributed by atoms with Gasteiger partial charge < -0.3 is 15.7 Å². The van der Waals surface area contributed by atoms with E-state index in [0.717, 1.165) is 5.41 Å². The van der Waals surface area contributed by atoms with Gasteiger partial charge in [0.2, 0.25) is 0 Å². The molecule has 6 nitrogen and oxygen atoms in total. The van der Waals surface area contributed by atoms with Crippen molar-refractivity contribution in [3.63, 3.8) is 0 Å². The third-order valence-corrected chi connectivity index (χ3v) is 3.79. The summed E-state index contributed by atoms with van der Waals surface area (Å²) in [6.45, 7) is 0. The number of phenols is 1. The summed E-state index contributed by atoms with van der Waals surface area (Å²) in [5.74, 6) is -0.191. The number of nitrogens with one attached hydrogen (secondary N) is 2. The van der Waals surface area contributed by atoms with Gasteiger partial charge >= 0.3 is 6.03 Å². The first-order chi connectivity index (χ1) is 8.46. The first-order valence-corrected chi connectivity index (χ1v) is 6.94. The number of anilines is 1. The lowest BCUT2D eigenvalue weighted by Crippen LogP contribution is -2.38. The van der Waals surface area contributed by atoms with E-state index in [-0.39, 0.29) is 17.2 Å². The molecule has 18 heavy (non-hydrogen) atoms. The van der Waals surface area contributed by atoms with Crippen molar-refractivity contribution in [2.24, 2.45) is 0 Å². The average molecular weight is 268 g/mol. The topological polar surface area (TPSA) is 95.5 Å². The Kier molecular flexibility index (Phi) is 3.24. The molecule has 1 unspecified atom stereocenters. The normalized spacial score (nSPS) is 20.6. The Labute approximate surface area is 104 Å². The maximum absolute atomic E-state index is 11.6. The molecular formula is C11H12N2O4S. The number of sulfone groups is 1. The highest BCUT2D eigenvalue weighted by Crippen LogP contribution is 2.21. The number of rotatable bonds is 2. The molecule has 0 radical (unpaired) electrons. The van der Waals surface area contributed by atoms with Gasteiger partial charge in [-0.05, 0) is 18.2 Å². The van der Waals surface area contributed by atoms with Gasteiger partial charge in [-0.15, -0.1) is 0 Å². The van der Waals surface area contributed by atoms with Crippen LogP contribution in [0, 0.1) is 0 Å². The van der Waals surface area contributed by atoms with Gasteiger partial charge in [-0.25, -0.2) is 13.2 Å². The van der Waals surface area contributed by atoms with E-state index >= 15 is 0 Å². The number of carbonyl (C=O) groups is 1. The molecule has 0 spiro atoms. The third-order valence-electron chi connectivity index (χ3n) is 2.40. The quantitative estimate of drug-likeness (QED) is 0.692. The third kappa shape index (κ3) is 3.01. The Morgan fingerprint density at radius 2 is 2.06 bits per heavy atom. The van der Waals surface area contributed by atoms with Crippen LogP contribution in [-0.2, 0) is 9.84 Å². The Hall–Kier alpha value is -2.02. The SMILES string of the molecule is O=C(Nc1ccccc1O)NC1C=CS(=O)(=O)C1. The molecule has 0 saturated heterocycles. The number of para-hydroxylation sites is 2. The molecule has 0 aliphatic carbocycles. The van der Waals surface area contributed by atoms with E-state index in [9.17, 15) is 18.3 Å². The van der Waals surface area contributed by atoms with Gasteiger partial charge in [0, 0.05) is 5.41 Å². The van der Waals surface area contributed by atoms with E-state index in [1.165, 1.54) is 18.2 Å². The molecule has 1 aromatic carbocycles. The average Bonchev–Trinajstić information content (AvgIpc) is 2.61. The van der Waals surface area contributed by atoms with Crippen LogP contribution in [-0.4, -0.2) is 31.4 Å². The van der Waals surface area contributed by atoms with Gasteiger partial charge in [0.1, 0.15) is 5.75 Å². The molecule has 0 fully saturated rings. The predicted molar refractivity (Wildman–Crippen MR) is 67.0 cm³/mol. The van der Waals surface area contributed by atoms with Crippen LogP contribution in [0.3, 0.4) is 0 Å². The minimum Gasteiger partial charge on any atom is -0.506 e. The lowest BCUT2D eigenvalue weighted by molar-refractivity contribution is 0.251. The van der Waals surface area contributed by atoms with Crippen molar-refractivity contribution in [1.29, 1.82) is 0 Å². The molecule has 0 bridgehead atoms. The standard InChI is InChI=1S/C11H12N2O4S/c14-10-4-2-1-3-9(10)13-11(15)12-8-5-6-18(16,17)7-8/h1-6,8,14H,7H2,(H2,12,13,15). The summed E-state index contributed by atoms with van der Waals surface area (Å²) in [6, 6.07) is 5.16. The highest BCUT2D eigenvalue weighted by Gasteiger charge is 2.23. The van der Waals surface area contributed by atoms with Gasteiger partial charge in [0.05, 0.1) is 17.5 Å². The lowest BCUT2D eigenvalue weighted by Gasteiger charge is -2.12. The van der Waals surface area contributed by atoms with Crippen molar-refractivity contribution in [1.82, 2.24) is 5.32 Å². The van der Waals surface area contributed by atoms with E-state index in [4.69, 9.17) is 0 Å². The van der Waals surface area contributed by atoms with Crippen molar-refractivity contribution >= 4 is 21.6 Å². The molecule has 2 amide bonds. The van der Waals surface area contributed by atoms with Crippen molar-refractivity contribution in [2.45, 2.75) is 6.04 Å². The number of hydrogen-bond donors (Lipinski definition) is 3. The number of benzene rings is 1. The highest BCUT2D eigenvalue weighted by atomic mass is 32.2. The van der Waals surface area contributed by atoms with Gasteiger partial charge in [0.25, 0.3) is 0 Å². The molecular weight excluding hydrogens is 256 g/mol. The van der Waals surface area contributed by atoms with Crippen molar-refractivity contribution in [3.05, 3.63) is 35.7 Å². The maximum Gasteiger partial charge on any atom is 0.319 e. The maximum atomic E-state index is 11.6. The first-order valence-electron chi connectivity index (χ1n) is 5.23. The molecule has 2 rings (SSSR count). The monoisotopic (exact) mass is 268 g/mol. The van der Waals surface area contributed by atoms with Crippen molar-refractivity contribution in [2.75, 3.05) is 11.1 Å². The van der Waals surface area contributed by atoms with Crippen LogP contribution in [0.5, 0.6) is 5.75 Å². The van der Waals surface area contributed by atoms with Crippen molar-refractivity contribution < 1.29 is 18.3 Å². The lowest BCUT2D eigenvalue weighted by atomic mass is 10.3. The zero-order valence-electron chi connectivity index (χ0n) is 9.33. The van der Waals surface area contributed by atoms with Crippen LogP contribution in [0.4, 0.5) is 10.5 Å². The van der Waals surface area contributed by atoms with Gasteiger partial charge in [-0.3, -0.25) is 0 Å².